The van der Waals surface area contributed by atoms with Crippen LogP contribution in [0.3, 0.4) is 0 Å². The molecule has 3 saturated heterocycles. The lowest BCUT2D eigenvalue weighted by molar-refractivity contribution is 0.102. The van der Waals surface area contributed by atoms with E-state index < -0.39 is 0 Å². The van der Waals surface area contributed by atoms with Crippen LogP contribution in [0.4, 0.5) is 0 Å². The highest BCUT2D eigenvalue weighted by atomic mass is 16.5. The molecule has 0 spiro atoms. The normalized spacial score (nSPS) is 42.2. The Morgan fingerprint density at radius 1 is 1.12 bits per heavy atom. The van der Waals surface area contributed by atoms with Gasteiger partial charge >= 0.3 is 0 Å². The summed E-state index contributed by atoms with van der Waals surface area (Å²) in [4.78, 5) is 2.62. The van der Waals surface area contributed by atoms with Gasteiger partial charge in [-0.15, -0.1) is 0 Å². The van der Waals surface area contributed by atoms with Crippen LogP contribution in [-0.2, 0) is 4.74 Å². The summed E-state index contributed by atoms with van der Waals surface area (Å²) >= 11 is 0. The lowest BCUT2D eigenvalue weighted by Crippen LogP contribution is -2.43. The zero-order valence-corrected chi connectivity index (χ0v) is 11.0. The largest absolute Gasteiger partial charge is 0.377 e. The molecule has 0 aromatic rings. The monoisotopic (exact) mass is 238 g/mol. The number of nitrogens with zero attached hydrogens (tertiary/aromatic N) is 1. The summed E-state index contributed by atoms with van der Waals surface area (Å²) in [5.74, 6) is 0.908. The minimum Gasteiger partial charge on any atom is -0.377 e. The number of fused-ring (bicyclic) bond motifs is 2. The number of rotatable bonds is 4. The average molecular weight is 238 g/mol. The third-order valence-electron chi connectivity index (χ3n) is 5.02. The van der Waals surface area contributed by atoms with E-state index in [-0.39, 0.29) is 0 Å². The topological polar surface area (TPSA) is 24.5 Å². The van der Waals surface area contributed by atoms with E-state index in [0.29, 0.717) is 6.10 Å². The summed E-state index contributed by atoms with van der Waals surface area (Å²) in [5.41, 5.74) is 0. The van der Waals surface area contributed by atoms with Gasteiger partial charge in [-0.3, -0.25) is 0 Å². The molecule has 3 heterocycles. The van der Waals surface area contributed by atoms with Gasteiger partial charge in [-0.2, -0.15) is 0 Å². The molecule has 3 fully saturated rings. The highest BCUT2D eigenvalue weighted by Crippen LogP contribution is 2.36. The molecular formula is C14H26N2O. The quantitative estimate of drug-likeness (QED) is 0.805. The van der Waals surface area contributed by atoms with Gasteiger partial charge in [0.2, 0.25) is 0 Å². The van der Waals surface area contributed by atoms with Crippen molar-refractivity contribution in [3.05, 3.63) is 0 Å². The first-order chi connectivity index (χ1) is 8.33. The Balaban J connectivity index is 1.38. The van der Waals surface area contributed by atoms with E-state index in [2.05, 4.69) is 17.3 Å². The van der Waals surface area contributed by atoms with Gasteiger partial charge in [0.05, 0.1) is 6.10 Å². The van der Waals surface area contributed by atoms with Crippen molar-refractivity contribution >= 4 is 0 Å². The first-order valence-electron chi connectivity index (χ1n) is 7.37. The van der Waals surface area contributed by atoms with Crippen LogP contribution in [-0.4, -0.2) is 49.8 Å². The summed E-state index contributed by atoms with van der Waals surface area (Å²) in [6.45, 7) is 3.26. The third kappa shape index (κ3) is 2.67. The van der Waals surface area contributed by atoms with E-state index in [1.807, 2.05) is 0 Å². The molecule has 3 aliphatic rings. The second-order valence-corrected chi connectivity index (χ2v) is 6.18. The highest BCUT2D eigenvalue weighted by Gasteiger charge is 2.37. The molecule has 3 heteroatoms. The van der Waals surface area contributed by atoms with E-state index in [4.69, 9.17) is 4.74 Å². The SMILES string of the molecule is CN1C2CCC1CC(CNCC1CCCO1)C2. The first kappa shape index (κ1) is 11.9. The van der Waals surface area contributed by atoms with E-state index in [9.17, 15) is 0 Å². The zero-order valence-electron chi connectivity index (χ0n) is 11.0. The molecule has 3 nitrogen and oxygen atoms in total. The van der Waals surface area contributed by atoms with Gasteiger partial charge in [0.1, 0.15) is 0 Å². The third-order valence-corrected chi connectivity index (χ3v) is 5.02. The van der Waals surface area contributed by atoms with E-state index in [1.165, 1.54) is 45.1 Å². The van der Waals surface area contributed by atoms with Crippen molar-refractivity contribution in [1.29, 1.82) is 0 Å². The van der Waals surface area contributed by atoms with Crippen molar-refractivity contribution in [2.45, 2.75) is 56.7 Å². The lowest BCUT2D eigenvalue weighted by Gasteiger charge is -2.36. The molecule has 3 rings (SSSR count). The van der Waals surface area contributed by atoms with E-state index in [1.54, 1.807) is 0 Å². The number of ether oxygens (including phenoxy) is 1. The molecule has 98 valence electrons. The Morgan fingerprint density at radius 3 is 2.53 bits per heavy atom. The fraction of sp³-hybridized carbons (Fsp3) is 1.00. The predicted molar refractivity (Wildman–Crippen MR) is 69.1 cm³/mol. The molecule has 3 atom stereocenters. The molecule has 0 saturated carbocycles. The smallest absolute Gasteiger partial charge is 0.0700 e. The Morgan fingerprint density at radius 2 is 1.88 bits per heavy atom. The molecule has 0 aromatic carbocycles. The second kappa shape index (κ2) is 5.25. The first-order valence-corrected chi connectivity index (χ1v) is 7.37. The van der Waals surface area contributed by atoms with Crippen LogP contribution in [0, 0.1) is 5.92 Å². The fourth-order valence-corrected chi connectivity index (χ4v) is 3.94. The van der Waals surface area contributed by atoms with Crippen LogP contribution >= 0.6 is 0 Å². The molecule has 0 radical (unpaired) electrons. The number of nitrogens with one attached hydrogen (secondary N) is 1. The molecular weight excluding hydrogens is 212 g/mol. The molecule has 0 aliphatic carbocycles. The Labute approximate surface area is 105 Å². The predicted octanol–water partition coefficient (Wildman–Crippen LogP) is 1.63. The summed E-state index contributed by atoms with van der Waals surface area (Å²) in [6, 6.07) is 1.76. The molecule has 17 heavy (non-hydrogen) atoms. The Hall–Kier alpha value is -0.120. The summed E-state index contributed by atoms with van der Waals surface area (Å²) in [7, 11) is 2.32. The molecule has 1 N–H and O–H groups in total. The van der Waals surface area contributed by atoms with Crippen LogP contribution in [0.1, 0.15) is 38.5 Å². The maximum absolute atomic E-state index is 5.64. The van der Waals surface area contributed by atoms with Crippen LogP contribution in [0.15, 0.2) is 0 Å². The minimum absolute atomic E-state index is 0.498. The van der Waals surface area contributed by atoms with Crippen molar-refractivity contribution in [2.24, 2.45) is 5.92 Å². The molecule has 0 aromatic heterocycles. The van der Waals surface area contributed by atoms with Crippen LogP contribution in [0.25, 0.3) is 0 Å². The molecule has 0 amide bonds. The zero-order chi connectivity index (χ0) is 11.7. The molecule has 3 aliphatic heterocycles. The van der Waals surface area contributed by atoms with E-state index in [0.717, 1.165) is 31.2 Å². The molecule has 2 bridgehead atoms. The van der Waals surface area contributed by atoms with Crippen molar-refractivity contribution in [3.8, 4) is 0 Å². The Kier molecular flexibility index (Phi) is 3.69. The van der Waals surface area contributed by atoms with Crippen molar-refractivity contribution in [1.82, 2.24) is 10.2 Å². The summed E-state index contributed by atoms with van der Waals surface area (Å²) in [6.07, 6.45) is 8.69. The van der Waals surface area contributed by atoms with Gasteiger partial charge in [-0.05, 0) is 58.0 Å². The van der Waals surface area contributed by atoms with Gasteiger partial charge in [0.25, 0.3) is 0 Å². The van der Waals surface area contributed by atoms with Gasteiger partial charge in [0.15, 0.2) is 0 Å². The highest BCUT2D eigenvalue weighted by molar-refractivity contribution is 4.93. The van der Waals surface area contributed by atoms with Gasteiger partial charge in [-0.25, -0.2) is 0 Å². The summed E-state index contributed by atoms with van der Waals surface area (Å²) < 4.78 is 5.64. The van der Waals surface area contributed by atoms with Crippen LogP contribution in [0.5, 0.6) is 0 Å². The molecule has 3 unspecified atom stereocenters. The van der Waals surface area contributed by atoms with Gasteiger partial charge in [-0.1, -0.05) is 0 Å². The average Bonchev–Trinajstić information content (AvgIpc) is 2.87. The maximum atomic E-state index is 5.64. The lowest BCUT2D eigenvalue weighted by atomic mass is 9.91. The summed E-state index contributed by atoms with van der Waals surface area (Å²) in [5, 5.41) is 3.64. The minimum atomic E-state index is 0.498. The van der Waals surface area contributed by atoms with E-state index >= 15 is 0 Å². The number of hydrogen-bond acceptors (Lipinski definition) is 3. The van der Waals surface area contributed by atoms with Crippen molar-refractivity contribution in [3.63, 3.8) is 0 Å². The van der Waals surface area contributed by atoms with Crippen LogP contribution < -0.4 is 5.32 Å². The number of piperidine rings is 1. The second-order valence-electron chi connectivity index (χ2n) is 6.18. The van der Waals surface area contributed by atoms with Crippen LogP contribution in [0.2, 0.25) is 0 Å². The van der Waals surface area contributed by atoms with Crippen molar-refractivity contribution < 1.29 is 4.74 Å². The van der Waals surface area contributed by atoms with Crippen molar-refractivity contribution in [2.75, 3.05) is 26.7 Å². The maximum Gasteiger partial charge on any atom is 0.0700 e. The van der Waals surface area contributed by atoms with Gasteiger partial charge in [0, 0.05) is 25.2 Å². The Bertz CT molecular complexity index is 239. The standard InChI is InChI=1S/C14H26N2O/c1-16-12-4-5-13(16)8-11(7-12)9-15-10-14-3-2-6-17-14/h11-15H,2-10H2,1H3. The fourth-order valence-electron chi connectivity index (χ4n) is 3.94. The van der Waals surface area contributed by atoms with Gasteiger partial charge < -0.3 is 15.0 Å². The number of hydrogen-bond donors (Lipinski definition) is 1.